The average molecular weight is 256 g/mol. The van der Waals surface area contributed by atoms with Gasteiger partial charge < -0.3 is 9.47 Å². The number of ether oxygens (including phenoxy) is 2. The van der Waals surface area contributed by atoms with Crippen molar-refractivity contribution in [2.45, 2.75) is 63.8 Å². The zero-order valence-electron chi connectivity index (χ0n) is 11.5. The summed E-state index contributed by atoms with van der Waals surface area (Å²) in [5.41, 5.74) is 0. The van der Waals surface area contributed by atoms with Crippen molar-refractivity contribution in [1.82, 2.24) is 10.6 Å². The molecule has 2 atom stereocenters. The SMILES string of the molecule is C(CCCCC1NCCO1)CCCC1NCCO1. The summed E-state index contributed by atoms with van der Waals surface area (Å²) >= 11 is 0. The number of hydrogen-bond acceptors (Lipinski definition) is 4. The van der Waals surface area contributed by atoms with Crippen molar-refractivity contribution in [2.24, 2.45) is 0 Å². The highest BCUT2D eigenvalue weighted by molar-refractivity contribution is 4.64. The van der Waals surface area contributed by atoms with E-state index >= 15 is 0 Å². The molecule has 2 saturated heterocycles. The molecular weight excluding hydrogens is 228 g/mol. The Hall–Kier alpha value is -0.160. The molecule has 0 radical (unpaired) electrons. The average Bonchev–Trinajstić information content (AvgIpc) is 3.05. The normalized spacial score (nSPS) is 28.0. The minimum absolute atomic E-state index is 0.343. The number of unbranched alkanes of at least 4 members (excludes halogenated alkanes) is 5. The fraction of sp³-hybridized carbons (Fsp3) is 1.00. The van der Waals surface area contributed by atoms with E-state index in [-0.39, 0.29) is 0 Å². The van der Waals surface area contributed by atoms with Crippen molar-refractivity contribution < 1.29 is 9.47 Å². The molecule has 2 unspecified atom stereocenters. The summed E-state index contributed by atoms with van der Waals surface area (Å²) in [5, 5.41) is 6.71. The summed E-state index contributed by atoms with van der Waals surface area (Å²) in [6.45, 7) is 3.84. The molecule has 2 N–H and O–H groups in total. The lowest BCUT2D eigenvalue weighted by molar-refractivity contribution is 0.0908. The van der Waals surface area contributed by atoms with Gasteiger partial charge in [-0.25, -0.2) is 0 Å². The minimum atomic E-state index is 0.343. The molecule has 106 valence electrons. The van der Waals surface area contributed by atoms with E-state index in [0.29, 0.717) is 12.5 Å². The van der Waals surface area contributed by atoms with E-state index < -0.39 is 0 Å². The molecule has 0 saturated carbocycles. The van der Waals surface area contributed by atoms with Crippen LogP contribution in [0, 0.1) is 0 Å². The van der Waals surface area contributed by atoms with Crippen LogP contribution < -0.4 is 10.6 Å². The third-order valence-electron chi connectivity index (χ3n) is 3.77. The fourth-order valence-corrected chi connectivity index (χ4v) is 2.70. The molecule has 0 aliphatic carbocycles. The van der Waals surface area contributed by atoms with E-state index in [0.717, 1.165) is 26.3 Å². The van der Waals surface area contributed by atoms with E-state index in [9.17, 15) is 0 Å². The summed E-state index contributed by atoms with van der Waals surface area (Å²) in [6.07, 6.45) is 11.1. The lowest BCUT2D eigenvalue weighted by atomic mass is 10.1. The van der Waals surface area contributed by atoms with E-state index in [2.05, 4.69) is 10.6 Å². The highest BCUT2D eigenvalue weighted by Gasteiger charge is 2.14. The van der Waals surface area contributed by atoms with Crippen LogP contribution in [0.3, 0.4) is 0 Å². The Labute approximate surface area is 111 Å². The van der Waals surface area contributed by atoms with Gasteiger partial charge in [-0.1, -0.05) is 25.7 Å². The smallest absolute Gasteiger partial charge is 0.108 e. The number of nitrogens with one attached hydrogen (secondary N) is 2. The van der Waals surface area contributed by atoms with Crippen LogP contribution in [-0.4, -0.2) is 38.8 Å². The highest BCUT2D eigenvalue weighted by Crippen LogP contribution is 2.13. The molecule has 0 amide bonds. The minimum Gasteiger partial charge on any atom is -0.362 e. The zero-order chi connectivity index (χ0) is 12.5. The molecule has 4 nitrogen and oxygen atoms in total. The topological polar surface area (TPSA) is 42.5 Å². The molecule has 0 aromatic carbocycles. The van der Waals surface area contributed by atoms with Gasteiger partial charge in [-0.05, 0) is 25.7 Å². The van der Waals surface area contributed by atoms with Gasteiger partial charge in [-0.3, -0.25) is 10.6 Å². The van der Waals surface area contributed by atoms with Gasteiger partial charge in [0.15, 0.2) is 0 Å². The molecule has 2 fully saturated rings. The van der Waals surface area contributed by atoms with Gasteiger partial charge in [-0.2, -0.15) is 0 Å². The summed E-state index contributed by atoms with van der Waals surface area (Å²) in [7, 11) is 0. The first kappa shape index (κ1) is 14.3. The first-order chi connectivity index (χ1) is 8.95. The van der Waals surface area contributed by atoms with Crippen LogP contribution in [0.2, 0.25) is 0 Å². The second-order valence-electron chi connectivity index (χ2n) is 5.33. The Morgan fingerprint density at radius 1 is 0.667 bits per heavy atom. The van der Waals surface area contributed by atoms with Crippen LogP contribution in [0.1, 0.15) is 51.4 Å². The van der Waals surface area contributed by atoms with Crippen molar-refractivity contribution >= 4 is 0 Å². The molecule has 0 bridgehead atoms. The second kappa shape index (κ2) is 8.86. The Kier molecular flexibility index (Phi) is 7.01. The third-order valence-corrected chi connectivity index (χ3v) is 3.77. The first-order valence-electron chi connectivity index (χ1n) is 7.65. The Balaban J connectivity index is 1.31. The predicted molar refractivity (Wildman–Crippen MR) is 72.4 cm³/mol. The predicted octanol–water partition coefficient (Wildman–Crippen LogP) is 2.00. The Bertz CT molecular complexity index is 180. The van der Waals surface area contributed by atoms with Crippen LogP contribution in [-0.2, 0) is 9.47 Å². The number of rotatable bonds is 9. The van der Waals surface area contributed by atoms with Crippen LogP contribution in [0.25, 0.3) is 0 Å². The van der Waals surface area contributed by atoms with E-state index in [1.165, 1.54) is 51.4 Å². The van der Waals surface area contributed by atoms with Gasteiger partial charge in [0.25, 0.3) is 0 Å². The standard InChI is InChI=1S/C14H28N2O2/c1(3-5-7-13-15-9-11-17-13)2-4-6-8-14-16-10-12-18-14/h13-16H,1-12H2. The zero-order valence-corrected chi connectivity index (χ0v) is 11.5. The van der Waals surface area contributed by atoms with Gasteiger partial charge in [0, 0.05) is 13.1 Å². The van der Waals surface area contributed by atoms with Crippen molar-refractivity contribution in [3.8, 4) is 0 Å². The molecule has 0 spiro atoms. The monoisotopic (exact) mass is 256 g/mol. The molecule has 2 aliphatic heterocycles. The molecule has 2 aliphatic rings. The molecule has 4 heteroatoms. The van der Waals surface area contributed by atoms with Crippen molar-refractivity contribution in [2.75, 3.05) is 26.3 Å². The van der Waals surface area contributed by atoms with E-state index in [1.807, 2.05) is 0 Å². The lowest BCUT2D eigenvalue weighted by Crippen LogP contribution is -2.22. The van der Waals surface area contributed by atoms with Gasteiger partial charge in [0.2, 0.25) is 0 Å². The quantitative estimate of drug-likeness (QED) is 0.619. The maximum Gasteiger partial charge on any atom is 0.108 e. The van der Waals surface area contributed by atoms with Crippen LogP contribution in [0.15, 0.2) is 0 Å². The first-order valence-corrected chi connectivity index (χ1v) is 7.65. The van der Waals surface area contributed by atoms with Crippen LogP contribution >= 0.6 is 0 Å². The van der Waals surface area contributed by atoms with Crippen LogP contribution in [0.4, 0.5) is 0 Å². The summed E-state index contributed by atoms with van der Waals surface area (Å²) in [6, 6.07) is 0. The van der Waals surface area contributed by atoms with Gasteiger partial charge in [0.05, 0.1) is 13.2 Å². The van der Waals surface area contributed by atoms with Crippen molar-refractivity contribution in [1.29, 1.82) is 0 Å². The summed E-state index contributed by atoms with van der Waals surface area (Å²) in [4.78, 5) is 0. The molecule has 2 heterocycles. The fourth-order valence-electron chi connectivity index (χ4n) is 2.70. The molecule has 0 aromatic heterocycles. The molecular formula is C14H28N2O2. The van der Waals surface area contributed by atoms with Crippen LogP contribution in [0.5, 0.6) is 0 Å². The Morgan fingerprint density at radius 2 is 1.11 bits per heavy atom. The lowest BCUT2D eigenvalue weighted by Gasteiger charge is -2.10. The third kappa shape index (κ3) is 5.65. The van der Waals surface area contributed by atoms with E-state index in [1.54, 1.807) is 0 Å². The second-order valence-corrected chi connectivity index (χ2v) is 5.33. The number of hydrogen-bond donors (Lipinski definition) is 2. The van der Waals surface area contributed by atoms with Gasteiger partial charge >= 0.3 is 0 Å². The Morgan fingerprint density at radius 3 is 1.50 bits per heavy atom. The molecule has 0 aromatic rings. The van der Waals surface area contributed by atoms with Gasteiger partial charge in [0.1, 0.15) is 12.5 Å². The largest absolute Gasteiger partial charge is 0.362 e. The van der Waals surface area contributed by atoms with Gasteiger partial charge in [-0.15, -0.1) is 0 Å². The van der Waals surface area contributed by atoms with E-state index in [4.69, 9.17) is 9.47 Å². The maximum atomic E-state index is 5.52. The maximum absolute atomic E-state index is 5.52. The van der Waals surface area contributed by atoms with Crippen molar-refractivity contribution in [3.05, 3.63) is 0 Å². The molecule has 18 heavy (non-hydrogen) atoms. The summed E-state index contributed by atoms with van der Waals surface area (Å²) in [5.74, 6) is 0. The molecule has 2 rings (SSSR count). The summed E-state index contributed by atoms with van der Waals surface area (Å²) < 4.78 is 11.0. The highest BCUT2D eigenvalue weighted by atomic mass is 16.5. The van der Waals surface area contributed by atoms with Crippen molar-refractivity contribution in [3.63, 3.8) is 0 Å².